The molecule has 3 rings (SSSR count). The second-order valence-corrected chi connectivity index (χ2v) is 7.31. The molecule has 0 unspecified atom stereocenters. The second kappa shape index (κ2) is 8.54. The highest BCUT2D eigenvalue weighted by molar-refractivity contribution is 5.71. The van der Waals surface area contributed by atoms with E-state index in [0.717, 1.165) is 67.0 Å². The molecule has 2 heterocycles. The number of nitrogens with zero attached hydrogens (tertiary/aromatic N) is 4. The van der Waals surface area contributed by atoms with Crippen molar-refractivity contribution >= 4 is 17.8 Å². The summed E-state index contributed by atoms with van der Waals surface area (Å²) in [6.45, 7) is 5.97. The third-order valence-corrected chi connectivity index (χ3v) is 4.99. The Bertz CT molecular complexity index is 690. The lowest BCUT2D eigenvalue weighted by Gasteiger charge is -2.28. The summed E-state index contributed by atoms with van der Waals surface area (Å²) in [6, 6.07) is 0. The smallest absolute Gasteiger partial charge is 0.227 e. The van der Waals surface area contributed by atoms with Crippen LogP contribution in [0.1, 0.15) is 37.4 Å². The van der Waals surface area contributed by atoms with Gasteiger partial charge in [0, 0.05) is 38.2 Å². The Morgan fingerprint density at radius 2 is 1.96 bits per heavy atom. The molecular weight excluding hydrogens is 326 g/mol. The first kappa shape index (κ1) is 18.7. The Balaban J connectivity index is 1.97. The minimum atomic E-state index is 0.802. The third kappa shape index (κ3) is 4.36. The van der Waals surface area contributed by atoms with Crippen LogP contribution in [0, 0.1) is 0 Å². The fourth-order valence-electron chi connectivity index (χ4n) is 3.39. The topological polar surface area (TPSA) is 53.5 Å². The minimum absolute atomic E-state index is 0.802. The lowest BCUT2D eigenvalue weighted by molar-refractivity contribution is 0.304. The van der Waals surface area contributed by atoms with E-state index in [0.29, 0.717) is 0 Å². The van der Waals surface area contributed by atoms with Gasteiger partial charge in [0.25, 0.3) is 0 Å². The summed E-state index contributed by atoms with van der Waals surface area (Å²) in [6.07, 6.45) is 8.81. The second-order valence-electron chi connectivity index (χ2n) is 7.31. The van der Waals surface area contributed by atoms with E-state index in [2.05, 4.69) is 48.3 Å². The standard InChI is InChI=1S/C20H31N5O/c1-15-8-9-17-16(14-18(15)26-4)19(21-10-13-24(2)3)23-20(22-17)25-11-6-5-7-12-25/h8,14H,5-7,9-13H2,1-4H3,(H,21,22,23). The normalized spacial score (nSPS) is 17.3. The highest BCUT2D eigenvalue weighted by Crippen LogP contribution is 2.29. The zero-order valence-corrected chi connectivity index (χ0v) is 16.5. The van der Waals surface area contributed by atoms with Crippen LogP contribution in [0.2, 0.25) is 0 Å². The van der Waals surface area contributed by atoms with E-state index in [1.807, 2.05) is 0 Å². The number of ether oxygens (including phenoxy) is 1. The fourth-order valence-corrected chi connectivity index (χ4v) is 3.39. The Labute approximate surface area is 157 Å². The van der Waals surface area contributed by atoms with Crippen LogP contribution in [-0.4, -0.2) is 62.3 Å². The Hall–Kier alpha value is -2.08. The van der Waals surface area contributed by atoms with Crippen molar-refractivity contribution < 1.29 is 4.74 Å². The molecule has 1 fully saturated rings. The number of fused-ring (bicyclic) bond motifs is 1. The SMILES string of the molecule is COC1=Cc2c(nc(N3CCCCC3)nc2NCCN(C)C)CC=C1C. The number of hydrogen-bond donors (Lipinski definition) is 1. The van der Waals surface area contributed by atoms with E-state index in [4.69, 9.17) is 14.7 Å². The van der Waals surface area contributed by atoms with Crippen LogP contribution < -0.4 is 10.2 Å². The predicted octanol–water partition coefficient (Wildman–Crippen LogP) is 2.93. The number of anilines is 2. The summed E-state index contributed by atoms with van der Waals surface area (Å²) in [5.74, 6) is 2.65. The molecule has 6 nitrogen and oxygen atoms in total. The summed E-state index contributed by atoms with van der Waals surface area (Å²) in [5.41, 5.74) is 3.26. The molecule has 26 heavy (non-hydrogen) atoms. The van der Waals surface area contributed by atoms with Gasteiger partial charge in [0.2, 0.25) is 5.95 Å². The molecular formula is C20H31N5O. The fraction of sp³-hybridized carbons (Fsp3) is 0.600. The van der Waals surface area contributed by atoms with E-state index in [1.165, 1.54) is 19.3 Å². The molecule has 142 valence electrons. The molecule has 6 heteroatoms. The first-order valence-electron chi connectivity index (χ1n) is 9.55. The van der Waals surface area contributed by atoms with Gasteiger partial charge in [-0.1, -0.05) is 6.08 Å². The average molecular weight is 358 g/mol. The maximum absolute atomic E-state index is 5.58. The van der Waals surface area contributed by atoms with Gasteiger partial charge in [-0.15, -0.1) is 0 Å². The number of piperidine rings is 1. The zero-order valence-electron chi connectivity index (χ0n) is 16.5. The van der Waals surface area contributed by atoms with Gasteiger partial charge in [0.05, 0.1) is 12.8 Å². The first-order valence-corrected chi connectivity index (χ1v) is 9.55. The van der Waals surface area contributed by atoms with E-state index in [-0.39, 0.29) is 0 Å². The maximum atomic E-state index is 5.58. The molecule has 1 saturated heterocycles. The number of allylic oxidation sites excluding steroid dienone is 2. The van der Waals surface area contributed by atoms with Crippen molar-refractivity contribution in [2.24, 2.45) is 0 Å². The van der Waals surface area contributed by atoms with E-state index in [9.17, 15) is 0 Å². The van der Waals surface area contributed by atoms with Crippen LogP contribution in [-0.2, 0) is 11.2 Å². The van der Waals surface area contributed by atoms with Crippen LogP contribution in [0.25, 0.3) is 6.08 Å². The van der Waals surface area contributed by atoms with Gasteiger partial charge in [-0.3, -0.25) is 0 Å². The monoisotopic (exact) mass is 357 g/mol. The zero-order chi connectivity index (χ0) is 18.5. The van der Waals surface area contributed by atoms with Gasteiger partial charge < -0.3 is 19.9 Å². The van der Waals surface area contributed by atoms with E-state index >= 15 is 0 Å². The highest BCUT2D eigenvalue weighted by Gasteiger charge is 2.20. The molecule has 0 spiro atoms. The molecule has 1 N–H and O–H groups in total. The Kier molecular flexibility index (Phi) is 6.14. The van der Waals surface area contributed by atoms with Crippen molar-refractivity contribution in [2.45, 2.75) is 32.6 Å². The van der Waals surface area contributed by atoms with Crippen molar-refractivity contribution in [2.75, 3.05) is 57.6 Å². The van der Waals surface area contributed by atoms with Crippen molar-refractivity contribution in [3.8, 4) is 0 Å². The number of rotatable bonds is 6. The third-order valence-electron chi connectivity index (χ3n) is 4.99. The molecule has 0 amide bonds. The van der Waals surface area contributed by atoms with Crippen molar-refractivity contribution in [1.82, 2.24) is 14.9 Å². The number of nitrogens with one attached hydrogen (secondary N) is 1. The van der Waals surface area contributed by atoms with Gasteiger partial charge in [-0.25, -0.2) is 4.98 Å². The summed E-state index contributed by atoms with van der Waals surface area (Å²) in [5, 5.41) is 3.53. The summed E-state index contributed by atoms with van der Waals surface area (Å²) >= 11 is 0. The number of likely N-dealkylation sites (N-methyl/N-ethyl adjacent to an activating group) is 1. The molecule has 1 aromatic rings. The molecule has 0 radical (unpaired) electrons. The lowest BCUT2D eigenvalue weighted by atomic mass is 10.1. The average Bonchev–Trinajstić information content (AvgIpc) is 2.81. The number of methoxy groups -OCH3 is 1. The molecule has 0 bridgehead atoms. The van der Waals surface area contributed by atoms with Gasteiger partial charge in [-0.2, -0.15) is 4.98 Å². The predicted molar refractivity (Wildman–Crippen MR) is 108 cm³/mol. The number of aromatic nitrogens is 2. The lowest BCUT2D eigenvalue weighted by Crippen LogP contribution is -2.31. The van der Waals surface area contributed by atoms with Crippen molar-refractivity contribution in [1.29, 1.82) is 0 Å². The van der Waals surface area contributed by atoms with Crippen LogP contribution in [0.5, 0.6) is 0 Å². The molecule has 1 aliphatic carbocycles. The van der Waals surface area contributed by atoms with E-state index < -0.39 is 0 Å². The van der Waals surface area contributed by atoms with Crippen LogP contribution in [0.4, 0.5) is 11.8 Å². The quantitative estimate of drug-likeness (QED) is 0.845. The molecule has 0 saturated carbocycles. The largest absolute Gasteiger partial charge is 0.496 e. The van der Waals surface area contributed by atoms with Gasteiger partial charge in [0.1, 0.15) is 11.6 Å². The van der Waals surface area contributed by atoms with Crippen LogP contribution >= 0.6 is 0 Å². The van der Waals surface area contributed by atoms with Gasteiger partial charge in [0.15, 0.2) is 0 Å². The van der Waals surface area contributed by atoms with Crippen molar-refractivity contribution in [3.05, 3.63) is 28.7 Å². The molecule has 2 aliphatic rings. The minimum Gasteiger partial charge on any atom is -0.496 e. The maximum Gasteiger partial charge on any atom is 0.227 e. The summed E-state index contributed by atoms with van der Waals surface area (Å²) in [7, 11) is 5.88. The van der Waals surface area contributed by atoms with Crippen molar-refractivity contribution in [3.63, 3.8) is 0 Å². The molecule has 0 aromatic carbocycles. The number of hydrogen-bond acceptors (Lipinski definition) is 6. The summed E-state index contributed by atoms with van der Waals surface area (Å²) < 4.78 is 5.58. The van der Waals surface area contributed by atoms with Gasteiger partial charge in [-0.05, 0) is 51.9 Å². The molecule has 1 aliphatic heterocycles. The Morgan fingerprint density at radius 1 is 1.19 bits per heavy atom. The van der Waals surface area contributed by atoms with Crippen LogP contribution in [0.3, 0.4) is 0 Å². The molecule has 1 aromatic heterocycles. The highest BCUT2D eigenvalue weighted by atomic mass is 16.5. The van der Waals surface area contributed by atoms with Gasteiger partial charge >= 0.3 is 0 Å². The Morgan fingerprint density at radius 3 is 2.65 bits per heavy atom. The summed E-state index contributed by atoms with van der Waals surface area (Å²) in [4.78, 5) is 14.3. The molecule has 0 atom stereocenters. The van der Waals surface area contributed by atoms with Crippen LogP contribution in [0.15, 0.2) is 17.4 Å². The van der Waals surface area contributed by atoms with E-state index in [1.54, 1.807) is 7.11 Å². The first-order chi connectivity index (χ1) is 12.6.